The topological polar surface area (TPSA) is 113 Å². The smallest absolute Gasteiger partial charge is 0.272 e. The molecule has 2 heterocycles. The lowest BCUT2D eigenvalue weighted by Crippen LogP contribution is -2.13. The first kappa shape index (κ1) is 19.2. The van der Waals surface area contributed by atoms with Crippen molar-refractivity contribution in [2.24, 2.45) is 12.8 Å². The molecule has 148 valence electrons. The summed E-state index contributed by atoms with van der Waals surface area (Å²) in [4.78, 5) is 12.1. The number of aryl methyl sites for hydroxylation is 1. The quantitative estimate of drug-likeness (QED) is 0.511. The number of nitrogens with one attached hydrogen (secondary N) is 1. The second-order valence-corrected chi connectivity index (χ2v) is 6.71. The van der Waals surface area contributed by atoms with Gasteiger partial charge in [0, 0.05) is 24.5 Å². The van der Waals surface area contributed by atoms with Gasteiger partial charge in [-0.05, 0) is 41.5 Å². The summed E-state index contributed by atoms with van der Waals surface area (Å²) in [5, 5.41) is 21.6. The van der Waals surface area contributed by atoms with Crippen molar-refractivity contribution in [2.75, 3.05) is 0 Å². The van der Waals surface area contributed by atoms with Crippen LogP contribution in [0.3, 0.4) is 0 Å². The molecule has 2 aromatic heterocycles. The predicted molar refractivity (Wildman–Crippen MR) is 112 cm³/mol. The Kier molecular flexibility index (Phi) is 4.96. The lowest BCUT2D eigenvalue weighted by Gasteiger charge is -2.07. The summed E-state index contributed by atoms with van der Waals surface area (Å²) < 4.78 is 15.3. The maximum Gasteiger partial charge on any atom is 0.272 e. The molecule has 0 spiro atoms. The molecule has 4 rings (SSSR count). The summed E-state index contributed by atoms with van der Waals surface area (Å²) >= 11 is 0. The number of hydrogen-bond donors (Lipinski definition) is 2. The molecule has 0 fully saturated rings. The van der Waals surface area contributed by atoms with E-state index >= 15 is 0 Å². The maximum atomic E-state index is 13.6. The number of allylic oxidation sites excluding steroid dienone is 1. The van der Waals surface area contributed by atoms with Crippen molar-refractivity contribution >= 4 is 22.4 Å². The van der Waals surface area contributed by atoms with E-state index in [0.29, 0.717) is 33.3 Å². The third-order valence-corrected chi connectivity index (χ3v) is 4.89. The fourth-order valence-electron chi connectivity index (χ4n) is 3.36. The van der Waals surface area contributed by atoms with Crippen LogP contribution in [-0.4, -0.2) is 20.0 Å². The molecule has 0 aliphatic rings. The van der Waals surface area contributed by atoms with Gasteiger partial charge in [-0.25, -0.2) is 9.49 Å². The molecule has 7 nitrogen and oxygen atoms in total. The van der Waals surface area contributed by atoms with Crippen LogP contribution in [0, 0.1) is 17.1 Å². The first-order valence-corrected chi connectivity index (χ1v) is 9.13. The minimum Gasteiger partial charge on any atom is -0.325 e. The molecule has 0 saturated heterocycles. The number of aromatic nitrogens is 4. The molecular weight excluding hydrogens is 383 g/mol. The van der Waals surface area contributed by atoms with E-state index in [0.717, 1.165) is 11.1 Å². The van der Waals surface area contributed by atoms with Crippen molar-refractivity contribution in [3.63, 3.8) is 0 Å². The molecule has 0 aliphatic heterocycles. The molecule has 3 N–H and O–H groups in total. The van der Waals surface area contributed by atoms with Crippen molar-refractivity contribution in [3.8, 4) is 17.2 Å². The molecule has 0 amide bonds. The van der Waals surface area contributed by atoms with Crippen molar-refractivity contribution in [3.05, 3.63) is 81.8 Å². The molecule has 4 aromatic rings. The Labute approximate surface area is 170 Å². The van der Waals surface area contributed by atoms with Crippen LogP contribution in [0.25, 0.3) is 33.5 Å². The number of fused-ring (bicyclic) bond motifs is 1. The van der Waals surface area contributed by atoms with Crippen LogP contribution in [0.2, 0.25) is 0 Å². The lowest BCUT2D eigenvalue weighted by atomic mass is 9.99. The summed E-state index contributed by atoms with van der Waals surface area (Å²) in [5.41, 5.74) is 9.05. The monoisotopic (exact) mass is 400 g/mol. The summed E-state index contributed by atoms with van der Waals surface area (Å²) in [6, 6.07) is 13.4. The van der Waals surface area contributed by atoms with Gasteiger partial charge in [-0.2, -0.15) is 15.5 Å². The van der Waals surface area contributed by atoms with Crippen molar-refractivity contribution < 1.29 is 4.39 Å². The highest BCUT2D eigenvalue weighted by Crippen LogP contribution is 2.29. The Morgan fingerprint density at radius 2 is 2.13 bits per heavy atom. The maximum absolute atomic E-state index is 13.6. The minimum atomic E-state index is -0.416. The first-order valence-electron chi connectivity index (χ1n) is 9.13. The van der Waals surface area contributed by atoms with Gasteiger partial charge >= 0.3 is 0 Å². The average molecular weight is 400 g/mol. The number of aromatic amines is 1. The van der Waals surface area contributed by atoms with Gasteiger partial charge < -0.3 is 5.73 Å². The van der Waals surface area contributed by atoms with E-state index in [9.17, 15) is 14.4 Å². The zero-order chi connectivity index (χ0) is 21.3. The van der Waals surface area contributed by atoms with Crippen LogP contribution in [0.4, 0.5) is 4.39 Å². The van der Waals surface area contributed by atoms with Gasteiger partial charge in [0.2, 0.25) is 0 Å². The third kappa shape index (κ3) is 3.38. The Hall–Kier alpha value is -4.09. The second-order valence-electron chi connectivity index (χ2n) is 6.71. The van der Waals surface area contributed by atoms with E-state index in [1.54, 1.807) is 48.3 Å². The highest BCUT2D eigenvalue weighted by Gasteiger charge is 2.14. The number of nitriles is 1. The molecule has 0 bridgehead atoms. The van der Waals surface area contributed by atoms with Gasteiger partial charge in [-0.3, -0.25) is 9.48 Å². The Balaban J connectivity index is 1.89. The van der Waals surface area contributed by atoms with Gasteiger partial charge in [0.25, 0.3) is 5.56 Å². The molecular formula is C22H17FN6O. The Morgan fingerprint density at radius 1 is 1.30 bits per heavy atom. The van der Waals surface area contributed by atoms with Crippen LogP contribution in [0.1, 0.15) is 17.0 Å². The number of H-pyrrole nitrogens is 1. The molecule has 30 heavy (non-hydrogen) atoms. The minimum absolute atomic E-state index is 0.175. The number of nitrogens with zero attached hydrogens (tertiary/aromatic N) is 4. The molecule has 0 radical (unpaired) electrons. The Morgan fingerprint density at radius 3 is 2.87 bits per heavy atom. The molecule has 0 unspecified atom stereocenters. The third-order valence-electron chi connectivity index (χ3n) is 4.89. The van der Waals surface area contributed by atoms with E-state index in [1.807, 2.05) is 6.07 Å². The highest BCUT2D eigenvalue weighted by atomic mass is 19.1. The number of rotatable bonds is 4. The number of nitrogens with two attached hydrogens (primary N) is 1. The van der Waals surface area contributed by atoms with Gasteiger partial charge in [0.05, 0.1) is 34.6 Å². The van der Waals surface area contributed by atoms with Gasteiger partial charge in [0.15, 0.2) is 0 Å². The molecule has 0 atom stereocenters. The highest BCUT2D eigenvalue weighted by molar-refractivity contribution is 5.94. The summed E-state index contributed by atoms with van der Waals surface area (Å²) in [7, 11) is 1.76. The summed E-state index contributed by atoms with van der Waals surface area (Å²) in [6.07, 6.45) is 3.34. The van der Waals surface area contributed by atoms with Gasteiger partial charge in [-0.15, -0.1) is 0 Å². The van der Waals surface area contributed by atoms with E-state index in [4.69, 9.17) is 5.73 Å². The van der Waals surface area contributed by atoms with E-state index in [1.165, 1.54) is 12.1 Å². The standard InChI is InChI=1S/C22H17FN6O/c1-29-21(9-15(10-24)13-3-2-4-16(23)7-13)19(12-26-29)14-5-6-17-18(8-14)20(11-25)27-28-22(17)30/h2-9,12H,11,25H2,1H3,(H,28,30)/b15-9+. The average Bonchev–Trinajstić information content (AvgIpc) is 3.12. The summed E-state index contributed by atoms with van der Waals surface area (Å²) in [5.74, 6) is -0.416. The molecule has 0 saturated carbocycles. The van der Waals surface area contributed by atoms with Gasteiger partial charge in [0.1, 0.15) is 5.82 Å². The van der Waals surface area contributed by atoms with Crippen molar-refractivity contribution in [2.45, 2.75) is 6.54 Å². The van der Waals surface area contributed by atoms with E-state index < -0.39 is 5.82 Å². The SMILES string of the molecule is Cn1ncc(-c2ccc3c(=O)[nH]nc(CN)c3c2)c1/C=C(\C#N)c1cccc(F)c1. The van der Waals surface area contributed by atoms with Crippen molar-refractivity contribution in [1.82, 2.24) is 20.0 Å². The van der Waals surface area contributed by atoms with E-state index in [2.05, 4.69) is 21.4 Å². The largest absolute Gasteiger partial charge is 0.325 e. The predicted octanol–water partition coefficient (Wildman–Crippen LogP) is 2.99. The van der Waals surface area contributed by atoms with Gasteiger partial charge in [-0.1, -0.05) is 18.2 Å². The van der Waals surface area contributed by atoms with Crippen molar-refractivity contribution in [1.29, 1.82) is 5.26 Å². The zero-order valence-electron chi connectivity index (χ0n) is 16.1. The first-order chi connectivity index (χ1) is 14.5. The van der Waals surface area contributed by atoms with Crippen LogP contribution < -0.4 is 11.3 Å². The second kappa shape index (κ2) is 7.73. The van der Waals surface area contributed by atoms with Crippen LogP contribution >= 0.6 is 0 Å². The molecule has 8 heteroatoms. The number of halogens is 1. The fourth-order valence-corrected chi connectivity index (χ4v) is 3.36. The van der Waals surface area contributed by atoms with Crippen LogP contribution in [-0.2, 0) is 13.6 Å². The number of benzene rings is 2. The molecule has 2 aromatic carbocycles. The number of hydrogen-bond acceptors (Lipinski definition) is 5. The van der Waals surface area contributed by atoms with Crippen LogP contribution in [0.15, 0.2) is 53.5 Å². The normalized spacial score (nSPS) is 11.6. The lowest BCUT2D eigenvalue weighted by molar-refractivity contribution is 0.627. The zero-order valence-corrected chi connectivity index (χ0v) is 16.1. The summed E-state index contributed by atoms with van der Waals surface area (Å²) in [6.45, 7) is 0.175. The fraction of sp³-hybridized carbons (Fsp3) is 0.0909. The van der Waals surface area contributed by atoms with E-state index in [-0.39, 0.29) is 12.1 Å². The molecule has 0 aliphatic carbocycles. The van der Waals surface area contributed by atoms with Crippen LogP contribution in [0.5, 0.6) is 0 Å². The Bertz CT molecular complexity index is 1390.